The Morgan fingerprint density at radius 2 is 0.976 bits per heavy atom. The average Bonchev–Trinajstić information content (AvgIpc) is 3.69. The van der Waals surface area contributed by atoms with Crippen molar-refractivity contribution < 1.29 is 14.2 Å². The van der Waals surface area contributed by atoms with Crippen LogP contribution >= 0.6 is 34.0 Å². The van der Waals surface area contributed by atoms with E-state index < -0.39 is 0 Å². The maximum absolute atomic E-state index is 6.21. The van der Waals surface area contributed by atoms with Crippen LogP contribution in [-0.2, 0) is 32.7 Å². The fourth-order valence-corrected chi connectivity index (χ4v) is 6.30. The van der Waals surface area contributed by atoms with Crippen molar-refractivity contribution in [2.24, 2.45) is 0 Å². The van der Waals surface area contributed by atoms with Gasteiger partial charge in [-0.25, -0.2) is 15.0 Å². The van der Waals surface area contributed by atoms with Crippen molar-refractivity contribution >= 4 is 34.0 Å². The molecule has 0 aliphatic carbocycles. The summed E-state index contributed by atoms with van der Waals surface area (Å²) in [5, 5.41) is 9.27. The molecule has 0 saturated carbocycles. The lowest BCUT2D eigenvalue weighted by atomic mass is 10.0. The Morgan fingerprint density at radius 1 is 0.537 bits per heavy atom. The zero-order valence-electron chi connectivity index (χ0n) is 23.9. The Balaban J connectivity index is 1.14. The van der Waals surface area contributed by atoms with Gasteiger partial charge in [0.05, 0.1) is 32.1 Å². The van der Waals surface area contributed by atoms with E-state index in [1.54, 1.807) is 34.0 Å². The maximum atomic E-state index is 6.21. The highest BCUT2D eigenvalue weighted by atomic mass is 32.1. The van der Waals surface area contributed by atoms with Gasteiger partial charge >= 0.3 is 0 Å². The second-order valence-corrected chi connectivity index (χ2v) is 13.2. The lowest BCUT2D eigenvalue weighted by Gasteiger charge is -2.14. The van der Waals surface area contributed by atoms with Crippen molar-refractivity contribution in [1.82, 2.24) is 15.0 Å². The Labute approximate surface area is 254 Å². The van der Waals surface area contributed by atoms with Gasteiger partial charge in [0.15, 0.2) is 11.5 Å². The second-order valence-electron chi connectivity index (χ2n) is 10.0. The second kappa shape index (κ2) is 14.1. The van der Waals surface area contributed by atoms with E-state index in [2.05, 4.69) is 57.6 Å². The molecule has 2 aromatic carbocycles. The highest BCUT2D eigenvalue weighted by Gasteiger charge is 2.11. The standard InChI is InChI=1S/C32H35N3O3S3/c1-21-13-25(9-11-30(21)36-15-27-18-39-22(2)33-27)7-5-6-8-26-10-12-31(37-16-28-19-40-23(3)34-28)32(14-26)38-17-29-20-41-24(4)35-29/h9-14,18-20H,5-8,15-17H2,1-4H3. The first-order chi connectivity index (χ1) is 19.9. The van der Waals surface area contributed by atoms with Crippen LogP contribution in [0.1, 0.15) is 61.6 Å². The van der Waals surface area contributed by atoms with Gasteiger partial charge < -0.3 is 14.2 Å². The number of aryl methyl sites for hydroxylation is 6. The molecule has 0 N–H and O–H groups in total. The van der Waals surface area contributed by atoms with E-state index in [1.807, 2.05) is 37.6 Å². The van der Waals surface area contributed by atoms with E-state index in [-0.39, 0.29) is 0 Å². The van der Waals surface area contributed by atoms with E-state index >= 15 is 0 Å². The van der Waals surface area contributed by atoms with Gasteiger partial charge in [-0.1, -0.05) is 18.2 Å². The topological polar surface area (TPSA) is 66.4 Å². The van der Waals surface area contributed by atoms with E-state index in [0.717, 1.165) is 80.6 Å². The van der Waals surface area contributed by atoms with Crippen LogP contribution in [0, 0.1) is 27.7 Å². The number of hydrogen-bond acceptors (Lipinski definition) is 9. The number of thiazole rings is 3. The van der Waals surface area contributed by atoms with Crippen molar-refractivity contribution in [3.63, 3.8) is 0 Å². The lowest BCUT2D eigenvalue weighted by molar-refractivity contribution is 0.252. The maximum Gasteiger partial charge on any atom is 0.162 e. The first kappa shape index (κ1) is 29.2. The monoisotopic (exact) mass is 605 g/mol. The minimum absolute atomic E-state index is 0.419. The van der Waals surface area contributed by atoms with Gasteiger partial charge in [-0.2, -0.15) is 0 Å². The molecule has 41 heavy (non-hydrogen) atoms. The normalized spacial score (nSPS) is 11.1. The molecule has 0 saturated heterocycles. The molecular formula is C32H35N3O3S3. The summed E-state index contributed by atoms with van der Waals surface area (Å²) in [7, 11) is 0. The summed E-state index contributed by atoms with van der Waals surface area (Å²) in [4.78, 5) is 13.5. The number of hydrogen-bond donors (Lipinski definition) is 0. The third-order valence-electron chi connectivity index (χ3n) is 6.55. The summed E-state index contributed by atoms with van der Waals surface area (Å²) in [6.45, 7) is 9.48. The molecule has 5 rings (SSSR count). The smallest absolute Gasteiger partial charge is 0.162 e. The number of rotatable bonds is 14. The molecule has 0 unspecified atom stereocenters. The number of unbranched alkanes of at least 4 members (excludes halogenated alkanes) is 1. The summed E-state index contributed by atoms with van der Waals surface area (Å²) < 4.78 is 18.3. The Hall–Kier alpha value is -3.27. The van der Waals surface area contributed by atoms with E-state index in [1.165, 1.54) is 11.1 Å². The molecule has 0 bridgehead atoms. The Bertz CT molecular complexity index is 1570. The molecule has 3 heterocycles. The van der Waals surface area contributed by atoms with Crippen molar-refractivity contribution in [1.29, 1.82) is 0 Å². The quantitative estimate of drug-likeness (QED) is 0.118. The number of ether oxygens (including phenoxy) is 3. The van der Waals surface area contributed by atoms with Gasteiger partial charge in [0, 0.05) is 16.1 Å². The van der Waals surface area contributed by atoms with Crippen molar-refractivity contribution in [3.8, 4) is 17.2 Å². The van der Waals surface area contributed by atoms with Crippen molar-refractivity contribution in [2.75, 3.05) is 0 Å². The van der Waals surface area contributed by atoms with Crippen molar-refractivity contribution in [3.05, 3.63) is 101 Å². The summed E-state index contributed by atoms with van der Waals surface area (Å²) in [6, 6.07) is 12.8. The predicted octanol–water partition coefficient (Wildman–Crippen LogP) is 8.59. The van der Waals surface area contributed by atoms with E-state index in [0.29, 0.717) is 19.8 Å². The predicted molar refractivity (Wildman–Crippen MR) is 168 cm³/mol. The lowest BCUT2D eigenvalue weighted by Crippen LogP contribution is -2.02. The van der Waals surface area contributed by atoms with E-state index in [4.69, 9.17) is 14.2 Å². The van der Waals surface area contributed by atoms with Gasteiger partial charge in [0.2, 0.25) is 0 Å². The van der Waals surface area contributed by atoms with Crippen LogP contribution in [0.5, 0.6) is 17.2 Å². The number of nitrogens with zero attached hydrogens (tertiary/aromatic N) is 3. The minimum atomic E-state index is 0.419. The Kier molecular flexibility index (Phi) is 10.0. The molecule has 0 spiro atoms. The summed E-state index contributed by atoms with van der Waals surface area (Å²) >= 11 is 4.92. The average molecular weight is 606 g/mol. The molecule has 0 fully saturated rings. The van der Waals surface area contributed by atoms with Gasteiger partial charge in [0.1, 0.15) is 25.6 Å². The molecule has 0 aliphatic rings. The van der Waals surface area contributed by atoms with Crippen LogP contribution in [0.15, 0.2) is 52.5 Å². The van der Waals surface area contributed by atoms with Gasteiger partial charge in [-0.05, 0) is 88.3 Å². The summed E-state index contributed by atoms with van der Waals surface area (Å²) in [5.74, 6) is 2.40. The Morgan fingerprint density at radius 3 is 1.44 bits per heavy atom. The molecule has 9 heteroatoms. The van der Waals surface area contributed by atoms with Crippen LogP contribution in [0.2, 0.25) is 0 Å². The summed E-state index contributed by atoms with van der Waals surface area (Å²) in [5.41, 5.74) is 6.59. The van der Waals surface area contributed by atoms with Crippen LogP contribution in [0.4, 0.5) is 0 Å². The van der Waals surface area contributed by atoms with E-state index in [9.17, 15) is 0 Å². The largest absolute Gasteiger partial charge is 0.487 e. The van der Waals surface area contributed by atoms with Crippen LogP contribution in [0.3, 0.4) is 0 Å². The zero-order chi connectivity index (χ0) is 28.6. The molecule has 214 valence electrons. The van der Waals surface area contributed by atoms with Gasteiger partial charge in [-0.3, -0.25) is 0 Å². The molecule has 3 aromatic heterocycles. The fraction of sp³-hybridized carbons (Fsp3) is 0.344. The summed E-state index contributed by atoms with van der Waals surface area (Å²) in [6.07, 6.45) is 4.20. The highest BCUT2D eigenvalue weighted by Crippen LogP contribution is 2.31. The van der Waals surface area contributed by atoms with Crippen molar-refractivity contribution in [2.45, 2.75) is 73.2 Å². The van der Waals surface area contributed by atoms with Gasteiger partial charge in [0.25, 0.3) is 0 Å². The number of aromatic nitrogens is 3. The van der Waals surface area contributed by atoms with Gasteiger partial charge in [-0.15, -0.1) is 34.0 Å². The minimum Gasteiger partial charge on any atom is -0.487 e. The molecule has 0 amide bonds. The first-order valence-corrected chi connectivity index (χ1v) is 16.4. The third kappa shape index (κ3) is 8.61. The van der Waals surface area contributed by atoms with Crippen LogP contribution < -0.4 is 14.2 Å². The zero-order valence-corrected chi connectivity index (χ0v) is 26.4. The highest BCUT2D eigenvalue weighted by molar-refractivity contribution is 7.10. The third-order valence-corrected chi connectivity index (χ3v) is 9.02. The van der Waals surface area contributed by atoms with Crippen LogP contribution in [-0.4, -0.2) is 15.0 Å². The van der Waals surface area contributed by atoms with Crippen LogP contribution in [0.25, 0.3) is 0 Å². The molecule has 0 atom stereocenters. The molecular weight excluding hydrogens is 571 g/mol. The SMILES string of the molecule is Cc1nc(COc2ccc(CCCCc3ccc(OCc4csc(C)n4)c(OCc4csc(C)n4)c3)cc2C)cs1. The first-order valence-electron chi connectivity index (χ1n) is 13.7. The molecule has 5 aromatic rings. The molecule has 0 radical (unpaired) electrons. The fourth-order valence-electron chi connectivity index (χ4n) is 4.51. The molecule has 6 nitrogen and oxygen atoms in total. The molecule has 0 aliphatic heterocycles. The number of benzene rings is 2.